The Morgan fingerprint density at radius 2 is 1.77 bits per heavy atom. The molecule has 2 aromatic rings. The molecule has 0 unspecified atom stereocenters. The second-order valence-corrected chi connectivity index (χ2v) is 9.55. The predicted octanol–water partition coefficient (Wildman–Crippen LogP) is 2.42. The van der Waals surface area contributed by atoms with Crippen LogP contribution in [0.5, 0.6) is 11.5 Å². The Kier molecular flexibility index (Phi) is 7.53. The van der Waals surface area contributed by atoms with Crippen molar-refractivity contribution < 1.29 is 22.7 Å². The number of carbonyl (C=O) groups excluding carboxylic acids is 1. The lowest BCUT2D eigenvalue weighted by molar-refractivity contribution is 0.102. The Labute approximate surface area is 183 Å². The van der Waals surface area contributed by atoms with Crippen molar-refractivity contribution in [3.05, 3.63) is 53.6 Å². The number of piperazine rings is 1. The van der Waals surface area contributed by atoms with E-state index in [4.69, 9.17) is 9.47 Å². The van der Waals surface area contributed by atoms with Crippen molar-refractivity contribution in [2.75, 3.05) is 51.5 Å². The molecule has 0 aliphatic carbocycles. The van der Waals surface area contributed by atoms with Crippen molar-refractivity contribution >= 4 is 21.6 Å². The van der Waals surface area contributed by atoms with E-state index in [0.29, 0.717) is 55.5 Å². The highest BCUT2D eigenvalue weighted by molar-refractivity contribution is 7.89. The zero-order valence-electron chi connectivity index (χ0n) is 18.1. The van der Waals surface area contributed by atoms with Crippen molar-refractivity contribution in [1.82, 2.24) is 9.21 Å². The van der Waals surface area contributed by atoms with Crippen molar-refractivity contribution in [1.29, 1.82) is 0 Å². The number of rotatable bonds is 8. The summed E-state index contributed by atoms with van der Waals surface area (Å²) in [7, 11) is -0.0325. The topological polar surface area (TPSA) is 88.2 Å². The Hall–Kier alpha value is -2.62. The van der Waals surface area contributed by atoms with Gasteiger partial charge in [-0.25, -0.2) is 8.42 Å². The number of nitrogens with one attached hydrogen (secondary N) is 1. The number of amides is 1. The van der Waals surface area contributed by atoms with E-state index in [2.05, 4.69) is 10.2 Å². The first-order chi connectivity index (χ1) is 14.9. The van der Waals surface area contributed by atoms with Crippen molar-refractivity contribution in [2.24, 2.45) is 0 Å². The minimum atomic E-state index is -3.14. The predicted molar refractivity (Wildman–Crippen MR) is 120 cm³/mol. The molecule has 9 heteroatoms. The standard InChI is InChI=1S/C22H29N3O5S/c1-4-31(27,28)25-12-10-24(11-13-25)16-17-6-5-7-18(14-17)22(26)23-20-15-19(29-2)8-9-21(20)30-3/h5-9,14-15H,4,10-13,16H2,1-3H3,(H,23,26). The number of anilines is 1. The monoisotopic (exact) mass is 447 g/mol. The van der Waals surface area contributed by atoms with E-state index in [1.165, 1.54) is 0 Å². The fourth-order valence-electron chi connectivity index (χ4n) is 3.52. The Morgan fingerprint density at radius 1 is 1.03 bits per heavy atom. The van der Waals surface area contributed by atoms with Gasteiger partial charge in [0.2, 0.25) is 10.0 Å². The summed E-state index contributed by atoms with van der Waals surface area (Å²) in [5, 5.41) is 2.88. The maximum Gasteiger partial charge on any atom is 0.255 e. The van der Waals surface area contributed by atoms with Crippen LogP contribution in [0, 0.1) is 0 Å². The zero-order chi connectivity index (χ0) is 22.4. The minimum absolute atomic E-state index is 0.127. The maximum atomic E-state index is 12.8. The van der Waals surface area contributed by atoms with E-state index in [0.717, 1.165) is 5.56 Å². The summed E-state index contributed by atoms with van der Waals surface area (Å²) in [5.74, 6) is 1.05. The van der Waals surface area contributed by atoms with E-state index >= 15 is 0 Å². The third-order valence-electron chi connectivity index (χ3n) is 5.34. The van der Waals surface area contributed by atoms with Crippen LogP contribution in [0.25, 0.3) is 0 Å². The lowest BCUT2D eigenvalue weighted by atomic mass is 10.1. The van der Waals surface area contributed by atoms with Gasteiger partial charge in [0.25, 0.3) is 5.91 Å². The lowest BCUT2D eigenvalue weighted by Gasteiger charge is -2.33. The third-order valence-corrected chi connectivity index (χ3v) is 7.22. The van der Waals surface area contributed by atoms with Crippen LogP contribution in [-0.2, 0) is 16.6 Å². The third kappa shape index (κ3) is 5.75. The van der Waals surface area contributed by atoms with Gasteiger partial charge in [0.1, 0.15) is 11.5 Å². The molecular formula is C22H29N3O5S. The molecule has 8 nitrogen and oxygen atoms in total. The fraction of sp³-hybridized carbons (Fsp3) is 0.409. The van der Waals surface area contributed by atoms with Crippen molar-refractivity contribution in [3.8, 4) is 11.5 Å². The zero-order valence-corrected chi connectivity index (χ0v) is 18.9. The second-order valence-electron chi connectivity index (χ2n) is 7.30. The number of hydrogen-bond donors (Lipinski definition) is 1. The fourth-order valence-corrected chi connectivity index (χ4v) is 4.61. The molecule has 0 radical (unpaired) electrons. The van der Waals surface area contributed by atoms with Crippen molar-refractivity contribution in [2.45, 2.75) is 13.5 Å². The van der Waals surface area contributed by atoms with E-state index in [-0.39, 0.29) is 11.7 Å². The summed E-state index contributed by atoms with van der Waals surface area (Å²) in [6.07, 6.45) is 0. The average Bonchev–Trinajstić information content (AvgIpc) is 2.79. The number of sulfonamides is 1. The molecule has 0 atom stereocenters. The first-order valence-corrected chi connectivity index (χ1v) is 11.8. The highest BCUT2D eigenvalue weighted by atomic mass is 32.2. The van der Waals surface area contributed by atoms with Gasteiger partial charge in [-0.3, -0.25) is 9.69 Å². The van der Waals surface area contributed by atoms with Gasteiger partial charge >= 0.3 is 0 Å². The summed E-state index contributed by atoms with van der Waals surface area (Å²) in [6.45, 7) is 4.63. The Morgan fingerprint density at radius 3 is 2.42 bits per heavy atom. The van der Waals surface area contributed by atoms with Crippen LogP contribution >= 0.6 is 0 Å². The molecule has 1 aliphatic rings. The molecule has 31 heavy (non-hydrogen) atoms. The number of methoxy groups -OCH3 is 2. The van der Waals surface area contributed by atoms with Crippen molar-refractivity contribution in [3.63, 3.8) is 0 Å². The van der Waals surface area contributed by atoms with E-state index in [1.54, 1.807) is 49.7 Å². The molecule has 1 aliphatic heterocycles. The Bertz CT molecular complexity index is 1020. The van der Waals surface area contributed by atoms with Gasteiger partial charge in [0.15, 0.2) is 0 Å². The molecule has 0 aromatic heterocycles. The number of hydrogen-bond acceptors (Lipinski definition) is 6. The van der Waals surface area contributed by atoms with Gasteiger partial charge < -0.3 is 14.8 Å². The van der Waals surface area contributed by atoms with Crippen LogP contribution < -0.4 is 14.8 Å². The van der Waals surface area contributed by atoms with Gasteiger partial charge in [0.05, 0.1) is 25.7 Å². The number of nitrogens with zero attached hydrogens (tertiary/aromatic N) is 2. The van der Waals surface area contributed by atoms with Gasteiger partial charge in [0, 0.05) is 44.4 Å². The molecule has 1 heterocycles. The number of benzene rings is 2. The number of carbonyl (C=O) groups is 1. The number of ether oxygens (including phenoxy) is 2. The van der Waals surface area contributed by atoms with Crippen LogP contribution in [0.3, 0.4) is 0 Å². The molecule has 0 bridgehead atoms. The van der Waals surface area contributed by atoms with Crippen LogP contribution in [0.15, 0.2) is 42.5 Å². The molecule has 2 aromatic carbocycles. The van der Waals surface area contributed by atoms with Gasteiger partial charge in [-0.1, -0.05) is 12.1 Å². The first-order valence-electron chi connectivity index (χ1n) is 10.2. The van der Waals surface area contributed by atoms with E-state index in [9.17, 15) is 13.2 Å². The van der Waals surface area contributed by atoms with Crippen LogP contribution in [0.1, 0.15) is 22.8 Å². The second kappa shape index (κ2) is 10.1. The molecule has 1 saturated heterocycles. The van der Waals surface area contributed by atoms with E-state index < -0.39 is 10.0 Å². The average molecular weight is 448 g/mol. The normalized spacial score (nSPS) is 15.5. The van der Waals surface area contributed by atoms with E-state index in [1.807, 2.05) is 18.2 Å². The van der Waals surface area contributed by atoms with Crippen LogP contribution in [0.4, 0.5) is 5.69 Å². The highest BCUT2D eigenvalue weighted by Crippen LogP contribution is 2.29. The molecule has 1 N–H and O–H groups in total. The lowest BCUT2D eigenvalue weighted by Crippen LogP contribution is -2.48. The molecule has 1 amide bonds. The molecule has 168 valence electrons. The van der Waals surface area contributed by atoms with Crippen LogP contribution in [-0.4, -0.2) is 69.7 Å². The highest BCUT2D eigenvalue weighted by Gasteiger charge is 2.25. The summed E-state index contributed by atoms with van der Waals surface area (Å²) in [6, 6.07) is 12.7. The summed E-state index contributed by atoms with van der Waals surface area (Å²) >= 11 is 0. The summed E-state index contributed by atoms with van der Waals surface area (Å²) < 4.78 is 36.1. The van der Waals surface area contributed by atoms with Gasteiger partial charge in [-0.15, -0.1) is 0 Å². The smallest absolute Gasteiger partial charge is 0.255 e. The molecule has 0 saturated carbocycles. The minimum Gasteiger partial charge on any atom is -0.497 e. The quantitative estimate of drug-likeness (QED) is 0.669. The first kappa shape index (κ1) is 23.1. The Balaban J connectivity index is 1.65. The summed E-state index contributed by atoms with van der Waals surface area (Å²) in [4.78, 5) is 15.0. The SMILES string of the molecule is CCS(=O)(=O)N1CCN(Cc2cccc(C(=O)Nc3cc(OC)ccc3OC)c2)CC1. The molecule has 1 fully saturated rings. The van der Waals surface area contributed by atoms with Crippen LogP contribution in [0.2, 0.25) is 0 Å². The largest absolute Gasteiger partial charge is 0.497 e. The maximum absolute atomic E-state index is 12.8. The van der Waals surface area contributed by atoms with Gasteiger partial charge in [-0.2, -0.15) is 4.31 Å². The van der Waals surface area contributed by atoms with Gasteiger partial charge in [-0.05, 0) is 36.8 Å². The summed E-state index contributed by atoms with van der Waals surface area (Å²) in [5.41, 5.74) is 2.07. The molecule has 0 spiro atoms. The molecule has 3 rings (SSSR count). The molecular weight excluding hydrogens is 418 g/mol.